The summed E-state index contributed by atoms with van der Waals surface area (Å²) < 4.78 is 12.4. The molecule has 1 fully saturated rings. The van der Waals surface area contributed by atoms with Crippen molar-refractivity contribution >= 4 is 20.5 Å². The van der Waals surface area contributed by atoms with Crippen LogP contribution in [0.25, 0.3) is 0 Å². The van der Waals surface area contributed by atoms with Crippen LogP contribution in [0.3, 0.4) is 0 Å². The van der Waals surface area contributed by atoms with Gasteiger partial charge in [0.25, 0.3) is 0 Å². The third-order valence-electron chi connectivity index (χ3n) is 6.21. The van der Waals surface area contributed by atoms with Gasteiger partial charge >= 0.3 is 20.5 Å². The second-order valence-electron chi connectivity index (χ2n) is 8.95. The SMILES string of the molecule is C=C(C)C(=O)O[Si](OC(=O)C(=C)C)(C1(C)CCCCC1)C(C)(C)C(C)C. The van der Waals surface area contributed by atoms with Crippen LogP contribution in [0.4, 0.5) is 0 Å². The summed E-state index contributed by atoms with van der Waals surface area (Å²) in [7, 11) is -3.38. The van der Waals surface area contributed by atoms with Crippen molar-refractivity contribution in [1.29, 1.82) is 0 Å². The predicted octanol–water partition coefficient (Wildman–Crippen LogP) is 5.83. The molecule has 0 atom stereocenters. The van der Waals surface area contributed by atoms with Crippen LogP contribution in [-0.4, -0.2) is 20.5 Å². The molecule has 0 spiro atoms. The van der Waals surface area contributed by atoms with Crippen molar-refractivity contribution in [3.8, 4) is 0 Å². The van der Waals surface area contributed by atoms with Gasteiger partial charge in [-0.25, -0.2) is 9.59 Å². The van der Waals surface area contributed by atoms with Crippen LogP contribution in [0.15, 0.2) is 24.3 Å². The molecule has 0 aliphatic heterocycles. The highest BCUT2D eigenvalue weighted by molar-refractivity contribution is 6.76. The Morgan fingerprint density at radius 3 is 1.65 bits per heavy atom. The Bertz CT molecular complexity index is 555. The Morgan fingerprint density at radius 1 is 0.962 bits per heavy atom. The number of carbonyl (C=O) groups is 2. The van der Waals surface area contributed by atoms with E-state index < -0.39 is 25.5 Å². The number of carbonyl (C=O) groups excluding carboxylic acids is 2. The molecule has 1 aliphatic rings. The zero-order valence-electron chi connectivity index (χ0n) is 17.7. The second-order valence-corrected chi connectivity index (χ2v) is 13.1. The summed E-state index contributed by atoms with van der Waals surface area (Å²) in [5, 5.41) is -0.801. The first kappa shape index (κ1) is 22.7. The molecule has 0 amide bonds. The highest BCUT2D eigenvalue weighted by Crippen LogP contribution is 2.62. The van der Waals surface area contributed by atoms with Crippen molar-refractivity contribution in [2.24, 2.45) is 5.92 Å². The summed E-state index contributed by atoms with van der Waals surface area (Å²) in [6, 6.07) is 0. The van der Waals surface area contributed by atoms with Crippen LogP contribution in [-0.2, 0) is 18.4 Å². The third-order valence-corrected chi connectivity index (χ3v) is 11.5. The topological polar surface area (TPSA) is 52.6 Å². The fraction of sp³-hybridized carbons (Fsp3) is 0.714. The fourth-order valence-electron chi connectivity index (χ4n) is 3.78. The van der Waals surface area contributed by atoms with Gasteiger partial charge in [-0.3, -0.25) is 0 Å². The average Bonchev–Trinajstić information content (AvgIpc) is 2.53. The molecule has 0 saturated heterocycles. The first-order valence-corrected chi connectivity index (χ1v) is 11.4. The lowest BCUT2D eigenvalue weighted by molar-refractivity contribution is -0.139. The van der Waals surface area contributed by atoms with E-state index in [1.165, 1.54) is 0 Å². The maximum Gasteiger partial charge on any atom is 0.477 e. The van der Waals surface area contributed by atoms with Gasteiger partial charge in [-0.1, -0.05) is 67.0 Å². The molecule has 0 radical (unpaired) electrons. The minimum absolute atomic E-state index is 0.170. The molecule has 0 heterocycles. The lowest BCUT2D eigenvalue weighted by Crippen LogP contribution is -2.63. The molecule has 1 aliphatic carbocycles. The molecule has 26 heavy (non-hydrogen) atoms. The highest BCUT2D eigenvalue weighted by atomic mass is 28.4. The molecule has 148 valence electrons. The lowest BCUT2D eigenvalue weighted by Gasteiger charge is -2.53. The van der Waals surface area contributed by atoms with Crippen LogP contribution in [0, 0.1) is 5.92 Å². The van der Waals surface area contributed by atoms with Gasteiger partial charge in [-0.05, 0) is 32.6 Å². The number of hydrogen-bond donors (Lipinski definition) is 0. The minimum Gasteiger partial charge on any atom is -0.481 e. The molecular formula is C21H36O4Si. The van der Waals surface area contributed by atoms with Crippen molar-refractivity contribution in [3.05, 3.63) is 24.3 Å². The summed E-state index contributed by atoms with van der Waals surface area (Å²) in [5.74, 6) is -0.762. The summed E-state index contributed by atoms with van der Waals surface area (Å²) in [6.07, 6.45) is 5.04. The first-order chi connectivity index (χ1) is 11.8. The van der Waals surface area contributed by atoms with E-state index in [4.69, 9.17) is 8.85 Å². The largest absolute Gasteiger partial charge is 0.481 e. The van der Waals surface area contributed by atoms with E-state index in [2.05, 4.69) is 47.8 Å². The van der Waals surface area contributed by atoms with Crippen LogP contribution in [0.5, 0.6) is 0 Å². The van der Waals surface area contributed by atoms with Gasteiger partial charge in [0.05, 0.1) is 0 Å². The molecule has 0 unspecified atom stereocenters. The summed E-state index contributed by atoms with van der Waals surface area (Å²) >= 11 is 0. The molecule has 1 rings (SSSR count). The quantitative estimate of drug-likeness (QED) is 0.412. The minimum atomic E-state index is -3.38. The van der Waals surface area contributed by atoms with E-state index >= 15 is 0 Å². The van der Waals surface area contributed by atoms with E-state index in [1.54, 1.807) is 13.8 Å². The Kier molecular flexibility index (Phi) is 7.08. The van der Waals surface area contributed by atoms with E-state index in [-0.39, 0.29) is 11.0 Å². The third kappa shape index (κ3) is 4.13. The van der Waals surface area contributed by atoms with Gasteiger partial charge < -0.3 is 8.85 Å². The smallest absolute Gasteiger partial charge is 0.477 e. The molecule has 0 bridgehead atoms. The van der Waals surface area contributed by atoms with Gasteiger partial charge in [0.2, 0.25) is 0 Å². The summed E-state index contributed by atoms with van der Waals surface area (Å²) in [4.78, 5) is 25.3. The Labute approximate surface area is 160 Å². The van der Waals surface area contributed by atoms with Crippen molar-refractivity contribution in [1.82, 2.24) is 0 Å². The maximum atomic E-state index is 12.7. The molecule has 4 nitrogen and oxygen atoms in total. The number of hydrogen-bond acceptors (Lipinski definition) is 4. The van der Waals surface area contributed by atoms with Gasteiger partial charge in [0, 0.05) is 21.2 Å². The van der Waals surface area contributed by atoms with E-state index in [9.17, 15) is 9.59 Å². The van der Waals surface area contributed by atoms with Crippen molar-refractivity contribution in [2.45, 2.75) is 90.6 Å². The Hall–Kier alpha value is -1.36. The highest BCUT2D eigenvalue weighted by Gasteiger charge is 2.69. The van der Waals surface area contributed by atoms with E-state index in [0.29, 0.717) is 11.1 Å². The maximum absolute atomic E-state index is 12.7. The lowest BCUT2D eigenvalue weighted by atomic mass is 9.89. The molecule has 1 saturated carbocycles. The van der Waals surface area contributed by atoms with E-state index in [1.807, 2.05) is 0 Å². The standard InChI is InChI=1S/C21H36O4Si/c1-15(2)18(22)24-26(20(7,8)17(5)6,25-19(23)16(3)4)21(9)13-11-10-12-14-21/h17H,1,3,10-14H2,2,4-9H3. The summed E-state index contributed by atoms with van der Waals surface area (Å²) in [6.45, 7) is 21.2. The van der Waals surface area contributed by atoms with Crippen LogP contribution in [0.1, 0.15) is 80.6 Å². The van der Waals surface area contributed by atoms with Crippen LogP contribution >= 0.6 is 0 Å². The van der Waals surface area contributed by atoms with Gasteiger partial charge in [0.1, 0.15) is 0 Å². The fourth-order valence-corrected chi connectivity index (χ4v) is 9.04. The Balaban J connectivity index is 3.64. The number of rotatable bonds is 7. The molecule has 5 heteroatoms. The van der Waals surface area contributed by atoms with Crippen molar-refractivity contribution in [3.63, 3.8) is 0 Å². The molecule has 0 N–H and O–H groups in total. The summed E-state index contributed by atoms with van der Waals surface area (Å²) in [5.41, 5.74) is 0.652. The van der Waals surface area contributed by atoms with Gasteiger partial charge in [-0.2, -0.15) is 0 Å². The average molecular weight is 381 g/mol. The van der Waals surface area contributed by atoms with Crippen LogP contribution in [0.2, 0.25) is 10.1 Å². The van der Waals surface area contributed by atoms with Gasteiger partial charge in [-0.15, -0.1) is 0 Å². The zero-order valence-corrected chi connectivity index (χ0v) is 18.7. The molecular weight excluding hydrogens is 344 g/mol. The second kappa shape index (κ2) is 8.11. The normalized spacial score (nSPS) is 17.5. The predicted molar refractivity (Wildman–Crippen MR) is 108 cm³/mol. The monoisotopic (exact) mass is 380 g/mol. The Morgan fingerprint density at radius 2 is 1.35 bits per heavy atom. The van der Waals surface area contributed by atoms with Gasteiger partial charge in [0.15, 0.2) is 0 Å². The zero-order chi connectivity index (χ0) is 20.3. The molecule has 0 aromatic rings. The molecule has 0 aromatic carbocycles. The molecule has 0 aromatic heterocycles. The first-order valence-electron chi connectivity index (χ1n) is 9.58. The van der Waals surface area contributed by atoms with Crippen LogP contribution < -0.4 is 0 Å². The van der Waals surface area contributed by atoms with E-state index in [0.717, 1.165) is 32.1 Å². The van der Waals surface area contributed by atoms with Crippen molar-refractivity contribution in [2.75, 3.05) is 0 Å². The van der Waals surface area contributed by atoms with Crippen molar-refractivity contribution < 1.29 is 18.4 Å².